The molecular weight excluding hydrogens is 190 g/mol. The number of nitrogens with zero attached hydrogens (tertiary/aromatic N) is 3. The standard InChI is InChI=1S/C10H19N5/c1-3-4-13-10(11-2)14-6-8-15-7-5-12-9-15/h5,7,9H,3-4,6,8H2,1-2H3,(H2,11,13,14). The molecule has 1 rings (SSSR count). The summed E-state index contributed by atoms with van der Waals surface area (Å²) in [5.41, 5.74) is 0. The lowest BCUT2D eigenvalue weighted by Crippen LogP contribution is -2.39. The van der Waals surface area contributed by atoms with Crippen LogP contribution in [0.2, 0.25) is 0 Å². The van der Waals surface area contributed by atoms with Crippen molar-refractivity contribution >= 4 is 5.96 Å². The van der Waals surface area contributed by atoms with E-state index in [1.807, 2.05) is 17.1 Å². The van der Waals surface area contributed by atoms with Gasteiger partial charge in [0, 0.05) is 39.1 Å². The topological polar surface area (TPSA) is 54.2 Å². The van der Waals surface area contributed by atoms with E-state index in [4.69, 9.17) is 0 Å². The van der Waals surface area contributed by atoms with Crippen molar-refractivity contribution in [3.63, 3.8) is 0 Å². The molecule has 2 N–H and O–H groups in total. The Morgan fingerprint density at radius 1 is 1.40 bits per heavy atom. The van der Waals surface area contributed by atoms with E-state index in [0.29, 0.717) is 0 Å². The summed E-state index contributed by atoms with van der Waals surface area (Å²) in [7, 11) is 1.78. The van der Waals surface area contributed by atoms with Gasteiger partial charge in [0.1, 0.15) is 0 Å². The second kappa shape index (κ2) is 6.86. The zero-order valence-electron chi connectivity index (χ0n) is 9.40. The van der Waals surface area contributed by atoms with Crippen molar-refractivity contribution in [1.82, 2.24) is 20.2 Å². The zero-order chi connectivity index (χ0) is 10.9. The molecule has 0 spiro atoms. The van der Waals surface area contributed by atoms with E-state index in [2.05, 4.69) is 27.5 Å². The molecule has 0 bridgehead atoms. The van der Waals surface area contributed by atoms with Gasteiger partial charge in [-0.2, -0.15) is 0 Å². The van der Waals surface area contributed by atoms with E-state index in [1.54, 1.807) is 13.2 Å². The molecule has 1 heterocycles. The van der Waals surface area contributed by atoms with Crippen LogP contribution in [0, 0.1) is 0 Å². The molecule has 0 aliphatic rings. The lowest BCUT2D eigenvalue weighted by atomic mass is 10.5. The molecule has 1 aromatic heterocycles. The van der Waals surface area contributed by atoms with Crippen LogP contribution in [0.5, 0.6) is 0 Å². The van der Waals surface area contributed by atoms with Gasteiger partial charge in [-0.25, -0.2) is 4.98 Å². The number of hydrogen-bond donors (Lipinski definition) is 2. The van der Waals surface area contributed by atoms with E-state index in [0.717, 1.165) is 32.0 Å². The van der Waals surface area contributed by atoms with Crippen LogP contribution < -0.4 is 10.6 Å². The Kier molecular flexibility index (Phi) is 5.29. The summed E-state index contributed by atoms with van der Waals surface area (Å²) in [6, 6.07) is 0. The Balaban J connectivity index is 2.17. The molecule has 0 amide bonds. The first-order chi connectivity index (χ1) is 7.36. The fourth-order valence-corrected chi connectivity index (χ4v) is 1.19. The number of hydrogen-bond acceptors (Lipinski definition) is 2. The molecule has 5 heteroatoms. The summed E-state index contributed by atoms with van der Waals surface area (Å²) >= 11 is 0. The summed E-state index contributed by atoms with van der Waals surface area (Å²) in [6.07, 6.45) is 6.64. The summed E-state index contributed by atoms with van der Waals surface area (Å²) in [5.74, 6) is 0.858. The van der Waals surface area contributed by atoms with Gasteiger partial charge in [-0.1, -0.05) is 6.92 Å². The van der Waals surface area contributed by atoms with Crippen molar-refractivity contribution in [2.45, 2.75) is 19.9 Å². The van der Waals surface area contributed by atoms with E-state index in [-0.39, 0.29) is 0 Å². The molecule has 0 radical (unpaired) electrons. The van der Waals surface area contributed by atoms with E-state index in [1.165, 1.54) is 0 Å². The van der Waals surface area contributed by atoms with Gasteiger partial charge in [0.25, 0.3) is 0 Å². The second-order valence-corrected chi connectivity index (χ2v) is 3.23. The third-order valence-corrected chi connectivity index (χ3v) is 1.99. The Bertz CT molecular complexity index is 278. The van der Waals surface area contributed by atoms with Gasteiger partial charge < -0.3 is 15.2 Å². The third-order valence-electron chi connectivity index (χ3n) is 1.99. The maximum absolute atomic E-state index is 4.11. The quantitative estimate of drug-likeness (QED) is 0.547. The summed E-state index contributed by atoms with van der Waals surface area (Å²) < 4.78 is 2.03. The van der Waals surface area contributed by atoms with Gasteiger partial charge in [-0.05, 0) is 6.42 Å². The van der Waals surface area contributed by atoms with Crippen molar-refractivity contribution in [2.24, 2.45) is 4.99 Å². The zero-order valence-corrected chi connectivity index (χ0v) is 9.40. The fourth-order valence-electron chi connectivity index (χ4n) is 1.19. The highest BCUT2D eigenvalue weighted by Crippen LogP contribution is 1.83. The molecule has 0 aromatic carbocycles. The minimum atomic E-state index is 0.847. The van der Waals surface area contributed by atoms with Gasteiger partial charge in [0.2, 0.25) is 0 Å². The van der Waals surface area contributed by atoms with Crippen LogP contribution in [0.3, 0.4) is 0 Å². The van der Waals surface area contributed by atoms with Gasteiger partial charge in [-0.3, -0.25) is 4.99 Å². The Morgan fingerprint density at radius 2 is 2.20 bits per heavy atom. The summed E-state index contributed by atoms with van der Waals surface area (Å²) in [4.78, 5) is 8.09. The molecule has 0 saturated carbocycles. The fraction of sp³-hybridized carbons (Fsp3) is 0.600. The van der Waals surface area contributed by atoms with E-state index in [9.17, 15) is 0 Å². The van der Waals surface area contributed by atoms with Crippen LogP contribution in [0.1, 0.15) is 13.3 Å². The smallest absolute Gasteiger partial charge is 0.191 e. The minimum absolute atomic E-state index is 0.847. The van der Waals surface area contributed by atoms with Crippen LogP contribution >= 0.6 is 0 Å². The van der Waals surface area contributed by atoms with Crippen LogP contribution in [-0.4, -0.2) is 35.6 Å². The van der Waals surface area contributed by atoms with Gasteiger partial charge >= 0.3 is 0 Å². The third kappa shape index (κ3) is 4.49. The molecule has 1 aromatic rings. The van der Waals surface area contributed by atoms with Crippen molar-refractivity contribution < 1.29 is 0 Å². The maximum Gasteiger partial charge on any atom is 0.191 e. The Labute approximate surface area is 90.6 Å². The van der Waals surface area contributed by atoms with Gasteiger partial charge in [0.15, 0.2) is 5.96 Å². The van der Waals surface area contributed by atoms with Crippen LogP contribution in [0.4, 0.5) is 0 Å². The van der Waals surface area contributed by atoms with Gasteiger partial charge in [0.05, 0.1) is 6.33 Å². The molecule has 5 nitrogen and oxygen atoms in total. The number of imidazole rings is 1. The highest BCUT2D eigenvalue weighted by Gasteiger charge is 1.95. The second-order valence-electron chi connectivity index (χ2n) is 3.23. The van der Waals surface area contributed by atoms with Crippen LogP contribution in [-0.2, 0) is 6.54 Å². The van der Waals surface area contributed by atoms with Crippen molar-refractivity contribution in [3.8, 4) is 0 Å². The molecule has 0 fully saturated rings. The molecule has 0 aliphatic heterocycles. The van der Waals surface area contributed by atoms with E-state index < -0.39 is 0 Å². The normalized spacial score (nSPS) is 11.5. The molecule has 0 unspecified atom stereocenters. The first-order valence-corrected chi connectivity index (χ1v) is 5.27. The number of aliphatic imine (C=N–C) groups is 1. The molecule has 0 saturated heterocycles. The summed E-state index contributed by atoms with van der Waals surface area (Å²) in [6.45, 7) is 4.82. The first kappa shape index (κ1) is 11.6. The van der Waals surface area contributed by atoms with E-state index >= 15 is 0 Å². The number of nitrogens with one attached hydrogen (secondary N) is 2. The minimum Gasteiger partial charge on any atom is -0.356 e. The lowest BCUT2D eigenvalue weighted by Gasteiger charge is -2.10. The van der Waals surface area contributed by atoms with Crippen LogP contribution in [0.15, 0.2) is 23.7 Å². The van der Waals surface area contributed by atoms with Crippen molar-refractivity contribution in [2.75, 3.05) is 20.1 Å². The summed E-state index contributed by atoms with van der Waals surface area (Å²) in [5, 5.41) is 6.45. The van der Waals surface area contributed by atoms with Crippen molar-refractivity contribution in [3.05, 3.63) is 18.7 Å². The average molecular weight is 209 g/mol. The lowest BCUT2D eigenvalue weighted by molar-refractivity contribution is 0.660. The SMILES string of the molecule is CCCNC(=NC)NCCn1ccnc1. The predicted octanol–water partition coefficient (Wildman–Crippen LogP) is 0.458. The Morgan fingerprint density at radius 3 is 2.80 bits per heavy atom. The highest BCUT2D eigenvalue weighted by molar-refractivity contribution is 5.79. The molecule has 0 atom stereocenters. The van der Waals surface area contributed by atoms with Crippen LogP contribution in [0.25, 0.3) is 0 Å². The monoisotopic (exact) mass is 209 g/mol. The van der Waals surface area contributed by atoms with Gasteiger partial charge in [-0.15, -0.1) is 0 Å². The Hall–Kier alpha value is -1.52. The predicted molar refractivity (Wildman–Crippen MR) is 61.9 cm³/mol. The maximum atomic E-state index is 4.11. The number of aromatic nitrogens is 2. The molecular formula is C10H19N5. The molecule has 84 valence electrons. The number of rotatable bonds is 5. The first-order valence-electron chi connectivity index (χ1n) is 5.27. The molecule has 0 aliphatic carbocycles. The largest absolute Gasteiger partial charge is 0.356 e. The molecule has 15 heavy (non-hydrogen) atoms. The highest BCUT2D eigenvalue weighted by atomic mass is 15.2. The van der Waals surface area contributed by atoms with Crippen molar-refractivity contribution in [1.29, 1.82) is 0 Å². The average Bonchev–Trinajstić information content (AvgIpc) is 2.76. The number of guanidine groups is 1.